The molecule has 26 heavy (non-hydrogen) atoms. The van der Waals surface area contributed by atoms with E-state index in [0.29, 0.717) is 6.01 Å². The molecule has 1 heterocycles. The van der Waals surface area contributed by atoms with E-state index in [1.807, 2.05) is 0 Å². The number of fused-ring (bicyclic) bond motifs is 1. The Labute approximate surface area is 155 Å². The van der Waals surface area contributed by atoms with Crippen molar-refractivity contribution in [3.05, 3.63) is 46.2 Å². The molecule has 2 aromatic rings. The predicted molar refractivity (Wildman–Crippen MR) is 107 cm³/mol. The number of hydrogen-bond donors (Lipinski definition) is 2. The molecule has 0 atom stereocenters. The smallest absolute Gasteiger partial charge is 0.312 e. The summed E-state index contributed by atoms with van der Waals surface area (Å²) in [5.41, 5.74) is 9.14. The van der Waals surface area contributed by atoms with E-state index in [2.05, 4.69) is 41.4 Å². The van der Waals surface area contributed by atoms with Crippen molar-refractivity contribution in [1.82, 2.24) is 4.98 Å². The third-order valence-electron chi connectivity index (χ3n) is 4.81. The first-order chi connectivity index (χ1) is 12.8. The lowest BCUT2D eigenvalue weighted by molar-refractivity contribution is 0.504. The maximum atomic E-state index is 6.12. The Morgan fingerprint density at radius 2 is 1.62 bits per heavy atom. The highest BCUT2D eigenvalue weighted by atomic mass is 16.4. The molecule has 0 bridgehead atoms. The van der Waals surface area contributed by atoms with E-state index in [0.717, 1.165) is 62.4 Å². The van der Waals surface area contributed by atoms with E-state index in [1.54, 1.807) is 5.01 Å². The fourth-order valence-corrected chi connectivity index (χ4v) is 3.25. The zero-order valence-corrected chi connectivity index (χ0v) is 15.5. The number of hydrogen-bond acceptors (Lipinski definition) is 5. The molecule has 140 valence electrons. The van der Waals surface area contributed by atoms with Crippen LogP contribution in [0.15, 0.2) is 28.7 Å². The van der Waals surface area contributed by atoms with Crippen LogP contribution in [0.5, 0.6) is 0 Å². The number of hydrazine groups is 1. The molecule has 0 saturated carbocycles. The zero-order chi connectivity index (χ0) is 18.2. The molecule has 5 heteroatoms. The van der Waals surface area contributed by atoms with Crippen LogP contribution in [0.25, 0.3) is 12.2 Å². The van der Waals surface area contributed by atoms with Crippen molar-refractivity contribution < 1.29 is 4.42 Å². The number of rotatable bonds is 10. The number of aromatic nitrogens is 1. The minimum Gasteiger partial charge on any atom is -0.423 e. The molecule has 1 aromatic carbocycles. The molecule has 1 aliphatic rings. The Balaban J connectivity index is 1.43. The van der Waals surface area contributed by atoms with Gasteiger partial charge in [-0.3, -0.25) is 5.01 Å². The maximum Gasteiger partial charge on any atom is 0.312 e. The van der Waals surface area contributed by atoms with Crippen LogP contribution in [-0.2, 0) is 12.8 Å². The number of benzene rings is 1. The second-order valence-corrected chi connectivity index (χ2v) is 6.94. The van der Waals surface area contributed by atoms with Crippen LogP contribution in [0.4, 0.5) is 6.01 Å². The molecular formula is C21H30N4O. The van der Waals surface area contributed by atoms with Crippen LogP contribution in [0.3, 0.4) is 0 Å². The highest BCUT2D eigenvalue weighted by Gasteiger charge is 2.10. The van der Waals surface area contributed by atoms with Gasteiger partial charge in [-0.2, -0.15) is 4.98 Å². The fourth-order valence-electron chi connectivity index (χ4n) is 3.25. The van der Waals surface area contributed by atoms with Gasteiger partial charge in [0.1, 0.15) is 5.35 Å². The quantitative estimate of drug-likeness (QED) is 0.387. The summed E-state index contributed by atoms with van der Waals surface area (Å²) in [6.07, 6.45) is 12.9. The van der Waals surface area contributed by atoms with Gasteiger partial charge in [-0.15, -0.1) is 0 Å². The van der Waals surface area contributed by atoms with E-state index in [4.69, 9.17) is 16.0 Å². The van der Waals surface area contributed by atoms with Gasteiger partial charge in [-0.05, 0) is 68.7 Å². The van der Waals surface area contributed by atoms with Gasteiger partial charge in [0.2, 0.25) is 0 Å². The summed E-state index contributed by atoms with van der Waals surface area (Å²) < 4.78 is 5.74. The Morgan fingerprint density at radius 3 is 2.31 bits per heavy atom. The van der Waals surface area contributed by atoms with Gasteiger partial charge < -0.3 is 10.2 Å². The molecule has 0 radical (unpaired) electrons. The number of unbranched alkanes of at least 4 members (excludes halogenated alkanes) is 2. The normalized spacial score (nSPS) is 13.0. The molecule has 0 aliphatic heterocycles. The number of oxazole rings is 1. The molecule has 1 aromatic heterocycles. The summed E-state index contributed by atoms with van der Waals surface area (Å²) in [6.45, 7) is 1.52. The summed E-state index contributed by atoms with van der Waals surface area (Å²) in [4.78, 5) is 4.47. The van der Waals surface area contributed by atoms with Gasteiger partial charge in [0.05, 0.1) is 0 Å². The number of nitrogens with two attached hydrogens (primary N) is 2. The topological polar surface area (TPSA) is 81.3 Å². The number of aryl methyl sites for hydroxylation is 2. The van der Waals surface area contributed by atoms with E-state index >= 15 is 0 Å². The summed E-state index contributed by atoms with van der Waals surface area (Å²) in [7, 11) is 0. The lowest BCUT2D eigenvalue weighted by Gasteiger charge is -2.13. The van der Waals surface area contributed by atoms with Crippen LogP contribution in [0.2, 0.25) is 0 Å². The van der Waals surface area contributed by atoms with Gasteiger partial charge >= 0.3 is 6.01 Å². The van der Waals surface area contributed by atoms with E-state index in [1.165, 1.54) is 24.0 Å². The van der Waals surface area contributed by atoms with Crippen LogP contribution in [0.1, 0.15) is 49.7 Å². The minimum absolute atomic E-state index is 0.511. The summed E-state index contributed by atoms with van der Waals surface area (Å²) in [6, 6.07) is 9.45. The van der Waals surface area contributed by atoms with Crippen LogP contribution in [-0.4, -0.2) is 18.1 Å². The molecule has 3 rings (SSSR count). The van der Waals surface area contributed by atoms with Gasteiger partial charge in [0.15, 0.2) is 5.42 Å². The number of anilines is 1. The first-order valence-electron chi connectivity index (χ1n) is 9.73. The standard InChI is InChI=1S/C21H30N4O/c22-15-5-1-2-7-17-11-13-18(14-12-17)8-6-16-25(23)21-24-19-9-3-4-10-20(19)26-21/h9-14H,1-8,15-16,22-23H2. The molecule has 4 N–H and O–H groups in total. The Hall–Kier alpha value is -2.11. The van der Waals surface area contributed by atoms with Crippen molar-refractivity contribution in [3.8, 4) is 0 Å². The molecule has 0 unspecified atom stereocenters. The molecule has 0 spiro atoms. The van der Waals surface area contributed by atoms with Crippen LogP contribution < -0.4 is 27.3 Å². The monoisotopic (exact) mass is 354 g/mol. The highest BCUT2D eigenvalue weighted by Crippen LogP contribution is 2.11. The summed E-state index contributed by atoms with van der Waals surface area (Å²) in [5.74, 6) is 6.12. The third-order valence-corrected chi connectivity index (χ3v) is 4.81. The van der Waals surface area contributed by atoms with E-state index < -0.39 is 0 Å². The first-order valence-corrected chi connectivity index (χ1v) is 9.73. The second kappa shape index (κ2) is 9.55. The van der Waals surface area contributed by atoms with Gasteiger partial charge in [0, 0.05) is 6.54 Å². The zero-order valence-electron chi connectivity index (χ0n) is 15.5. The SMILES string of the molecule is NCCCCCc1ccc(CCCN(N)c2nc3c(o2)=CCCC=3)cc1. The van der Waals surface area contributed by atoms with E-state index in [-0.39, 0.29) is 0 Å². The van der Waals surface area contributed by atoms with Gasteiger partial charge in [-0.1, -0.05) is 36.8 Å². The van der Waals surface area contributed by atoms with Crippen LogP contribution >= 0.6 is 0 Å². The average molecular weight is 354 g/mol. The lowest BCUT2D eigenvalue weighted by atomic mass is 10.0. The van der Waals surface area contributed by atoms with Crippen molar-refractivity contribution in [3.63, 3.8) is 0 Å². The highest BCUT2D eigenvalue weighted by molar-refractivity contribution is 5.35. The first kappa shape index (κ1) is 18.7. The largest absolute Gasteiger partial charge is 0.423 e. The van der Waals surface area contributed by atoms with Gasteiger partial charge in [-0.25, -0.2) is 5.84 Å². The summed E-state index contributed by atoms with van der Waals surface area (Å²) >= 11 is 0. The van der Waals surface area contributed by atoms with Crippen molar-refractivity contribution >= 4 is 18.2 Å². The fraction of sp³-hybridized carbons (Fsp3) is 0.476. The molecule has 5 nitrogen and oxygen atoms in total. The van der Waals surface area contributed by atoms with Crippen molar-refractivity contribution in [2.24, 2.45) is 11.6 Å². The maximum absolute atomic E-state index is 6.12. The Morgan fingerprint density at radius 1 is 0.923 bits per heavy atom. The van der Waals surface area contributed by atoms with Crippen molar-refractivity contribution in [2.75, 3.05) is 18.1 Å². The Kier molecular flexibility index (Phi) is 6.86. The lowest BCUT2D eigenvalue weighted by Crippen LogP contribution is -2.32. The molecule has 0 amide bonds. The van der Waals surface area contributed by atoms with Crippen molar-refractivity contribution in [1.29, 1.82) is 0 Å². The molecule has 1 aliphatic carbocycles. The molecular weight excluding hydrogens is 324 g/mol. The second-order valence-electron chi connectivity index (χ2n) is 6.94. The van der Waals surface area contributed by atoms with Crippen molar-refractivity contribution in [2.45, 2.75) is 51.4 Å². The Bertz CT molecular complexity index is 761. The predicted octanol–water partition coefficient (Wildman–Crippen LogP) is 2.01. The molecule has 0 fully saturated rings. The molecule has 0 saturated heterocycles. The third kappa shape index (κ3) is 5.19. The summed E-state index contributed by atoms with van der Waals surface area (Å²) in [5, 5.41) is 2.54. The number of nitrogens with zero attached hydrogens (tertiary/aromatic N) is 2. The van der Waals surface area contributed by atoms with Gasteiger partial charge in [0.25, 0.3) is 0 Å². The average Bonchev–Trinajstić information content (AvgIpc) is 3.11. The van der Waals surface area contributed by atoms with Crippen LogP contribution in [0, 0.1) is 0 Å². The van der Waals surface area contributed by atoms with E-state index in [9.17, 15) is 0 Å². The minimum atomic E-state index is 0.511.